The number of imidazole rings is 1. The minimum absolute atomic E-state index is 0.126. The van der Waals surface area contributed by atoms with Gasteiger partial charge in [-0.05, 0) is 0 Å². The van der Waals surface area contributed by atoms with Crippen molar-refractivity contribution < 1.29 is 32.8 Å². The lowest BCUT2D eigenvalue weighted by atomic mass is 10.3. The Morgan fingerprint density at radius 2 is 2.24 bits per heavy atom. The van der Waals surface area contributed by atoms with Gasteiger partial charge in [0, 0.05) is 13.7 Å². The van der Waals surface area contributed by atoms with Crippen molar-refractivity contribution in [3.05, 3.63) is 12.2 Å². The summed E-state index contributed by atoms with van der Waals surface area (Å²) in [6, 6.07) is 0. The van der Waals surface area contributed by atoms with Crippen molar-refractivity contribution in [1.29, 1.82) is 0 Å². The van der Waals surface area contributed by atoms with E-state index in [9.17, 15) is 10.00 Å². The number of hydrogen-bond acceptors (Lipinski definition) is 13. The molecule has 2 aromatic rings. The van der Waals surface area contributed by atoms with E-state index >= 15 is 0 Å². The lowest BCUT2D eigenvalue weighted by Gasteiger charge is -2.16. The topological polar surface area (TPSA) is 156 Å². The van der Waals surface area contributed by atoms with Gasteiger partial charge in [0.05, 0.1) is 32.1 Å². The van der Waals surface area contributed by atoms with Gasteiger partial charge in [-0.1, -0.05) is 12.2 Å². The van der Waals surface area contributed by atoms with Crippen molar-refractivity contribution in [2.24, 2.45) is 0 Å². The predicted octanol–water partition coefficient (Wildman–Crippen LogP) is 1.12. The van der Waals surface area contributed by atoms with Gasteiger partial charge >= 0.3 is 7.15 Å². The molecule has 1 aliphatic heterocycles. The second kappa shape index (κ2) is 10.3. The molecule has 4 unspecified atom stereocenters. The second-order valence-electron chi connectivity index (χ2n) is 5.88. The average Bonchev–Trinajstić information content (AvgIpc) is 3.24. The summed E-state index contributed by atoms with van der Waals surface area (Å²) >= 11 is 8.24. The number of nitrogens with two attached hydrogens (primary N) is 1. The van der Waals surface area contributed by atoms with Gasteiger partial charge in [-0.15, -0.1) is 0 Å². The van der Waals surface area contributed by atoms with Crippen molar-refractivity contribution >= 4 is 56.2 Å². The van der Waals surface area contributed by atoms with Crippen LogP contribution in [0.1, 0.15) is 5.82 Å². The number of rotatable bonds is 10. The van der Waals surface area contributed by atoms with Crippen LogP contribution < -0.4 is 5.73 Å². The molecule has 3 rings (SSSR count). The summed E-state index contributed by atoms with van der Waals surface area (Å²) in [5.41, 5.74) is 6.78. The first kappa shape index (κ1) is 23.3. The van der Waals surface area contributed by atoms with Crippen molar-refractivity contribution in [3.8, 4) is 0 Å². The molecule has 1 fully saturated rings. The third kappa shape index (κ3) is 6.08. The Labute approximate surface area is 178 Å². The predicted molar refractivity (Wildman–Crippen MR) is 113 cm³/mol. The van der Waals surface area contributed by atoms with E-state index < -0.39 is 26.9 Å². The first-order chi connectivity index (χ1) is 13.8. The van der Waals surface area contributed by atoms with Crippen LogP contribution in [-0.4, -0.2) is 68.7 Å². The third-order valence-electron chi connectivity index (χ3n) is 3.95. The molecule has 0 spiro atoms. The van der Waals surface area contributed by atoms with Gasteiger partial charge in [0.1, 0.15) is 18.3 Å². The molecule has 0 radical (unpaired) electrons. The summed E-state index contributed by atoms with van der Waals surface area (Å²) in [6.07, 6.45) is -0.247. The molecule has 3 heterocycles. The number of nitrogen functional groups attached to an aromatic ring is 1. The number of aliphatic hydroxyl groups excluding tert-OH is 1. The maximum atomic E-state index is 10.4. The zero-order chi connectivity index (χ0) is 21.0. The molecule has 1 aliphatic rings. The zero-order valence-electron chi connectivity index (χ0n) is 15.4. The fourth-order valence-corrected chi connectivity index (χ4v) is 4.60. The van der Waals surface area contributed by atoms with Gasteiger partial charge in [0.25, 0.3) is 0 Å². The van der Waals surface area contributed by atoms with E-state index in [-0.39, 0.29) is 32.2 Å². The molecule has 1 saturated heterocycles. The van der Waals surface area contributed by atoms with E-state index in [4.69, 9.17) is 28.6 Å². The molecule has 0 aromatic carbocycles. The summed E-state index contributed by atoms with van der Waals surface area (Å²) in [5.74, 6) is 0.624. The maximum Gasteiger partial charge on any atom is 0.476 e. The molecule has 16 heteroatoms. The van der Waals surface area contributed by atoms with Crippen molar-refractivity contribution in [1.82, 2.24) is 19.5 Å². The summed E-state index contributed by atoms with van der Waals surface area (Å²) in [6.45, 7) is 0.748. The van der Waals surface area contributed by atoms with E-state index in [1.807, 2.05) is 0 Å². The van der Waals surface area contributed by atoms with Gasteiger partial charge in [0.15, 0.2) is 29.7 Å². The first-order valence-corrected chi connectivity index (χ1v) is 13.4. The molecule has 0 saturated carbocycles. The minimum Gasteiger partial charge on any atom is -0.388 e. The largest absolute Gasteiger partial charge is 0.476 e. The summed E-state index contributed by atoms with van der Waals surface area (Å²) in [5, 5.41) is 9.76. The van der Waals surface area contributed by atoms with E-state index in [2.05, 4.69) is 39.4 Å². The first-order valence-electron chi connectivity index (χ1n) is 8.35. The molecule has 4 atom stereocenters. The number of fused-ring (bicyclic) bond motifs is 1. The molecular weight excluding hydrogens is 464 g/mol. The second-order valence-corrected chi connectivity index (χ2v) is 10.9. The summed E-state index contributed by atoms with van der Waals surface area (Å²) < 4.78 is 28.1. The van der Waals surface area contributed by atoms with Crippen LogP contribution in [0.5, 0.6) is 0 Å². The highest BCUT2D eigenvalue weighted by Gasteiger charge is 2.45. The number of nitrogens with zero attached hydrogens (tertiary/aromatic N) is 4. The zero-order valence-corrected chi connectivity index (χ0v) is 18.9. The Morgan fingerprint density at radius 1 is 1.45 bits per heavy atom. The van der Waals surface area contributed by atoms with E-state index in [0.717, 1.165) is 0 Å². The van der Waals surface area contributed by atoms with Crippen LogP contribution in [-0.2, 0) is 36.0 Å². The normalized spacial score (nSPS) is 22.8. The van der Waals surface area contributed by atoms with Crippen molar-refractivity contribution in [2.45, 2.75) is 25.4 Å². The van der Waals surface area contributed by atoms with Crippen LogP contribution in [0.4, 0.5) is 5.82 Å². The van der Waals surface area contributed by atoms with Crippen molar-refractivity contribution in [3.63, 3.8) is 0 Å². The van der Waals surface area contributed by atoms with Gasteiger partial charge in [-0.3, -0.25) is 0 Å². The van der Waals surface area contributed by atoms with Crippen LogP contribution in [0.3, 0.4) is 0 Å². The SMILES string of the molecule is COP(S)OCCn1c(CO[P+](O)(S)OC2COCC2O)nc2c(N)ncnc21. The van der Waals surface area contributed by atoms with Crippen LogP contribution in [0.15, 0.2) is 6.33 Å². The Kier molecular flexibility index (Phi) is 8.27. The Balaban J connectivity index is 1.73. The summed E-state index contributed by atoms with van der Waals surface area (Å²) in [4.78, 5) is 22.9. The van der Waals surface area contributed by atoms with Crippen LogP contribution in [0.2, 0.25) is 0 Å². The van der Waals surface area contributed by atoms with Gasteiger partial charge < -0.3 is 29.2 Å². The number of anilines is 1. The fourth-order valence-electron chi connectivity index (χ4n) is 2.58. The smallest absolute Gasteiger partial charge is 0.388 e. The van der Waals surface area contributed by atoms with E-state index in [1.165, 1.54) is 13.4 Å². The number of hydrogen-bond donors (Lipinski definition) is 5. The molecule has 0 aliphatic carbocycles. The molecule has 29 heavy (non-hydrogen) atoms. The Hall–Kier alpha value is -0.370. The number of ether oxygens (including phenoxy) is 1. The molecule has 2 aromatic heterocycles. The van der Waals surface area contributed by atoms with Crippen LogP contribution in [0, 0.1) is 0 Å². The minimum atomic E-state index is -3.54. The third-order valence-corrected chi connectivity index (χ3v) is 7.14. The highest BCUT2D eigenvalue weighted by atomic mass is 32.7. The van der Waals surface area contributed by atoms with Crippen LogP contribution in [0.25, 0.3) is 11.2 Å². The van der Waals surface area contributed by atoms with E-state index in [1.54, 1.807) is 4.57 Å². The standard InChI is InChI=1S/C13H22N5O7P2S2/c1-21-26(28)23-3-2-18-10(17-11-12(14)15-7-16-13(11)18)6-24-27(20,29)25-9-5-22-4-8(9)19/h7-9,19-20,28-29H,2-6H2,1H3,(H2,14,15,16)/q+1. The Bertz CT molecular complexity index is 832. The molecule has 0 bridgehead atoms. The number of aliphatic hydroxyl groups is 1. The quantitative estimate of drug-likeness (QED) is 0.242. The molecule has 4 N–H and O–H groups in total. The van der Waals surface area contributed by atoms with Gasteiger partial charge in [-0.25, -0.2) is 15.0 Å². The fraction of sp³-hybridized carbons (Fsp3) is 0.615. The van der Waals surface area contributed by atoms with E-state index in [0.29, 0.717) is 23.5 Å². The summed E-state index contributed by atoms with van der Waals surface area (Å²) in [7, 11) is -3.33. The molecule has 12 nitrogen and oxygen atoms in total. The van der Waals surface area contributed by atoms with Crippen molar-refractivity contribution in [2.75, 3.05) is 32.7 Å². The monoisotopic (exact) mass is 486 g/mol. The van der Waals surface area contributed by atoms with Gasteiger partial charge in [-0.2, -0.15) is 13.9 Å². The lowest BCUT2D eigenvalue weighted by Crippen LogP contribution is -2.26. The van der Waals surface area contributed by atoms with Gasteiger partial charge in [0.2, 0.25) is 7.58 Å². The number of aromatic nitrogens is 4. The molecule has 162 valence electrons. The highest BCUT2D eigenvalue weighted by Crippen LogP contribution is 2.63. The molecular formula is C13H22N5O7P2S2+. The molecule has 0 amide bonds. The highest BCUT2D eigenvalue weighted by molar-refractivity contribution is 8.47. The van der Waals surface area contributed by atoms with Crippen LogP contribution >= 0.6 is 39.2 Å². The maximum absolute atomic E-state index is 10.4. The average molecular weight is 486 g/mol. The number of thiol groups is 2. The Morgan fingerprint density at radius 3 is 2.93 bits per heavy atom. The lowest BCUT2D eigenvalue weighted by molar-refractivity contribution is 0.0526.